The van der Waals surface area contributed by atoms with Crippen LogP contribution in [0.1, 0.15) is 10.7 Å². The highest BCUT2D eigenvalue weighted by molar-refractivity contribution is 9.10. The molecule has 0 saturated carbocycles. The van der Waals surface area contributed by atoms with Gasteiger partial charge in [0.1, 0.15) is 9.61 Å². The van der Waals surface area contributed by atoms with Crippen molar-refractivity contribution in [1.82, 2.24) is 9.97 Å². The SMILES string of the molecule is Cc1[nH]c2ccccc2c1-c1sc(CN)nc1Br. The molecule has 3 rings (SSSR count). The van der Waals surface area contributed by atoms with E-state index < -0.39 is 0 Å². The Hall–Kier alpha value is -1.17. The van der Waals surface area contributed by atoms with Crippen molar-refractivity contribution >= 4 is 38.2 Å². The summed E-state index contributed by atoms with van der Waals surface area (Å²) in [5.41, 5.74) is 9.18. The van der Waals surface area contributed by atoms with Gasteiger partial charge in [0.2, 0.25) is 0 Å². The van der Waals surface area contributed by atoms with Crippen molar-refractivity contribution in [2.24, 2.45) is 5.73 Å². The van der Waals surface area contributed by atoms with E-state index in [1.807, 2.05) is 6.07 Å². The zero-order valence-electron chi connectivity index (χ0n) is 9.83. The Morgan fingerprint density at radius 1 is 1.39 bits per heavy atom. The quantitative estimate of drug-likeness (QED) is 0.753. The van der Waals surface area contributed by atoms with Crippen LogP contribution >= 0.6 is 27.3 Å². The molecule has 3 nitrogen and oxygen atoms in total. The van der Waals surface area contributed by atoms with E-state index in [4.69, 9.17) is 5.73 Å². The fraction of sp³-hybridized carbons (Fsp3) is 0.154. The van der Waals surface area contributed by atoms with Gasteiger partial charge in [-0.05, 0) is 28.9 Å². The molecule has 0 spiro atoms. The van der Waals surface area contributed by atoms with E-state index in [-0.39, 0.29) is 0 Å². The topological polar surface area (TPSA) is 54.7 Å². The van der Waals surface area contributed by atoms with Crippen molar-refractivity contribution < 1.29 is 0 Å². The number of fused-ring (bicyclic) bond motifs is 1. The highest BCUT2D eigenvalue weighted by atomic mass is 79.9. The second kappa shape index (κ2) is 4.50. The van der Waals surface area contributed by atoms with E-state index in [1.54, 1.807) is 11.3 Å². The summed E-state index contributed by atoms with van der Waals surface area (Å²) in [5.74, 6) is 0. The summed E-state index contributed by atoms with van der Waals surface area (Å²) in [4.78, 5) is 8.98. The van der Waals surface area contributed by atoms with Crippen LogP contribution in [0, 0.1) is 6.92 Å². The minimum Gasteiger partial charge on any atom is -0.358 e. The predicted molar refractivity (Wildman–Crippen MR) is 79.7 cm³/mol. The lowest BCUT2D eigenvalue weighted by Gasteiger charge is -1.97. The Labute approximate surface area is 117 Å². The van der Waals surface area contributed by atoms with E-state index >= 15 is 0 Å². The zero-order valence-corrected chi connectivity index (χ0v) is 12.2. The fourth-order valence-electron chi connectivity index (χ4n) is 2.15. The van der Waals surface area contributed by atoms with Crippen molar-refractivity contribution in [1.29, 1.82) is 0 Å². The molecule has 2 aromatic heterocycles. The molecule has 0 aliphatic carbocycles. The third kappa shape index (κ3) is 1.79. The molecule has 0 amide bonds. The molecular weight excluding hydrogens is 310 g/mol. The number of para-hydroxylation sites is 1. The van der Waals surface area contributed by atoms with Gasteiger partial charge in [-0.3, -0.25) is 0 Å². The lowest BCUT2D eigenvalue weighted by molar-refractivity contribution is 1.03. The summed E-state index contributed by atoms with van der Waals surface area (Å²) < 4.78 is 0.876. The van der Waals surface area contributed by atoms with Gasteiger partial charge in [0, 0.05) is 28.7 Å². The normalized spacial score (nSPS) is 11.3. The van der Waals surface area contributed by atoms with Crippen LogP contribution in [0.3, 0.4) is 0 Å². The van der Waals surface area contributed by atoms with Crippen molar-refractivity contribution in [2.75, 3.05) is 0 Å². The number of hydrogen-bond acceptors (Lipinski definition) is 3. The second-order valence-corrected chi connectivity index (χ2v) is 5.94. The van der Waals surface area contributed by atoms with Crippen LogP contribution in [0.5, 0.6) is 0 Å². The number of aryl methyl sites for hydroxylation is 1. The number of thiazole rings is 1. The number of nitrogens with zero attached hydrogens (tertiary/aromatic N) is 1. The van der Waals surface area contributed by atoms with Gasteiger partial charge in [0.25, 0.3) is 0 Å². The van der Waals surface area contributed by atoms with E-state index in [2.05, 4.69) is 51.0 Å². The van der Waals surface area contributed by atoms with E-state index in [1.165, 1.54) is 10.9 Å². The first-order valence-electron chi connectivity index (χ1n) is 5.63. The average Bonchev–Trinajstić information content (AvgIpc) is 2.88. The number of H-pyrrole nitrogens is 1. The van der Waals surface area contributed by atoms with Crippen molar-refractivity contribution in [3.8, 4) is 10.4 Å². The van der Waals surface area contributed by atoms with Crippen LogP contribution in [0.25, 0.3) is 21.3 Å². The minimum absolute atomic E-state index is 0.477. The summed E-state index contributed by atoms with van der Waals surface area (Å²) in [7, 11) is 0. The van der Waals surface area contributed by atoms with Gasteiger partial charge in [-0.15, -0.1) is 11.3 Å². The number of benzene rings is 1. The van der Waals surface area contributed by atoms with Gasteiger partial charge in [-0.1, -0.05) is 18.2 Å². The van der Waals surface area contributed by atoms with Crippen molar-refractivity contribution in [3.05, 3.63) is 39.6 Å². The zero-order chi connectivity index (χ0) is 12.7. The number of rotatable bonds is 2. The Balaban J connectivity index is 2.30. The van der Waals surface area contributed by atoms with Gasteiger partial charge >= 0.3 is 0 Å². The Bertz CT molecular complexity index is 714. The molecule has 0 unspecified atom stereocenters. The lowest BCUT2D eigenvalue weighted by atomic mass is 10.1. The largest absolute Gasteiger partial charge is 0.358 e. The maximum absolute atomic E-state index is 5.66. The van der Waals surface area contributed by atoms with Gasteiger partial charge in [-0.2, -0.15) is 0 Å². The number of aromatic nitrogens is 2. The highest BCUT2D eigenvalue weighted by Gasteiger charge is 2.16. The Kier molecular flexibility index (Phi) is 2.97. The van der Waals surface area contributed by atoms with E-state index in [0.29, 0.717) is 6.54 Å². The maximum Gasteiger partial charge on any atom is 0.125 e. The molecule has 0 atom stereocenters. The van der Waals surface area contributed by atoms with E-state index in [9.17, 15) is 0 Å². The number of halogens is 1. The number of nitrogens with one attached hydrogen (secondary N) is 1. The molecule has 0 bridgehead atoms. The van der Waals surface area contributed by atoms with Gasteiger partial charge < -0.3 is 10.7 Å². The molecule has 0 fully saturated rings. The highest BCUT2D eigenvalue weighted by Crippen LogP contribution is 2.39. The standard InChI is InChI=1S/C13H12BrN3S/c1-7-11(8-4-2-3-5-9(8)16-7)12-13(14)17-10(6-15)18-12/h2-5,16H,6,15H2,1H3. The first kappa shape index (κ1) is 11.9. The molecule has 5 heteroatoms. The number of aromatic amines is 1. The Morgan fingerprint density at radius 2 is 2.17 bits per heavy atom. The molecule has 92 valence electrons. The lowest BCUT2D eigenvalue weighted by Crippen LogP contribution is -1.93. The molecular formula is C13H12BrN3S. The Morgan fingerprint density at radius 3 is 2.89 bits per heavy atom. The van der Waals surface area contributed by atoms with Crippen LogP contribution in [0.15, 0.2) is 28.9 Å². The summed E-state index contributed by atoms with van der Waals surface area (Å²) in [6, 6.07) is 8.31. The molecule has 0 aliphatic rings. The third-order valence-electron chi connectivity index (χ3n) is 2.93. The first-order valence-corrected chi connectivity index (χ1v) is 7.24. The molecule has 3 N–H and O–H groups in total. The predicted octanol–water partition coefficient (Wildman–Crippen LogP) is 3.82. The second-order valence-electron chi connectivity index (χ2n) is 4.10. The molecule has 2 heterocycles. The summed E-state index contributed by atoms with van der Waals surface area (Å²) in [6.45, 7) is 2.56. The summed E-state index contributed by atoms with van der Waals surface area (Å²) in [6.07, 6.45) is 0. The smallest absolute Gasteiger partial charge is 0.125 e. The van der Waals surface area contributed by atoms with Crippen molar-refractivity contribution in [2.45, 2.75) is 13.5 Å². The summed E-state index contributed by atoms with van der Waals surface area (Å²) in [5, 5.41) is 2.17. The summed E-state index contributed by atoms with van der Waals surface area (Å²) >= 11 is 5.17. The monoisotopic (exact) mass is 321 g/mol. The van der Waals surface area contributed by atoms with Crippen molar-refractivity contribution in [3.63, 3.8) is 0 Å². The van der Waals surface area contributed by atoms with Gasteiger partial charge in [0.15, 0.2) is 0 Å². The van der Waals surface area contributed by atoms with Gasteiger partial charge in [0.05, 0.1) is 4.88 Å². The van der Waals surface area contributed by atoms with Crippen LogP contribution < -0.4 is 5.73 Å². The molecule has 18 heavy (non-hydrogen) atoms. The molecule has 1 aromatic carbocycles. The van der Waals surface area contributed by atoms with Crippen LogP contribution in [0.2, 0.25) is 0 Å². The first-order chi connectivity index (χ1) is 8.70. The number of nitrogens with two attached hydrogens (primary N) is 1. The number of hydrogen-bond donors (Lipinski definition) is 2. The van der Waals surface area contributed by atoms with Crippen LogP contribution in [0.4, 0.5) is 0 Å². The van der Waals surface area contributed by atoms with Crippen LogP contribution in [-0.2, 0) is 6.54 Å². The molecule has 0 saturated heterocycles. The molecule has 3 aromatic rings. The maximum atomic E-state index is 5.66. The molecule has 0 aliphatic heterocycles. The fourth-order valence-corrected chi connectivity index (χ4v) is 3.88. The average molecular weight is 322 g/mol. The molecule has 0 radical (unpaired) electrons. The van der Waals surface area contributed by atoms with Crippen LogP contribution in [-0.4, -0.2) is 9.97 Å². The minimum atomic E-state index is 0.477. The van der Waals surface area contributed by atoms with Gasteiger partial charge in [-0.25, -0.2) is 4.98 Å². The third-order valence-corrected chi connectivity index (χ3v) is 4.86. The van der Waals surface area contributed by atoms with E-state index in [0.717, 1.165) is 25.7 Å².